The smallest absolute Gasteiger partial charge is 0.434 e. The van der Waals surface area contributed by atoms with Gasteiger partial charge in [0.05, 0.1) is 22.8 Å². The molecular weight excluding hydrogens is 699 g/mol. The third-order valence-electron chi connectivity index (χ3n) is 13.3. The molecule has 53 heavy (non-hydrogen) atoms. The fourth-order valence-electron chi connectivity index (χ4n) is 10.5. The summed E-state index contributed by atoms with van der Waals surface area (Å²) in [6, 6.07) is 4.89. The Balaban J connectivity index is 1.14. The molecule has 9 rings (SSSR count). The predicted octanol–water partition coefficient (Wildman–Crippen LogP) is 8.60. The molecule has 6 fully saturated rings. The van der Waals surface area contributed by atoms with Crippen molar-refractivity contribution in [2.75, 3.05) is 7.11 Å². The van der Waals surface area contributed by atoms with Crippen LogP contribution in [0.4, 0.5) is 22.0 Å². The van der Waals surface area contributed by atoms with Crippen LogP contribution in [0.5, 0.6) is 5.75 Å². The van der Waals surface area contributed by atoms with Gasteiger partial charge in [0, 0.05) is 55.4 Å². The molecule has 286 valence electrons. The number of carbonyl (C=O) groups is 2. The Morgan fingerprint density at radius 2 is 1.60 bits per heavy atom. The number of carbonyl (C=O) groups excluding carboxylic acids is 1. The van der Waals surface area contributed by atoms with Gasteiger partial charge in [-0.2, -0.15) is 13.2 Å². The number of hydrogen-bond acceptors (Lipinski definition) is 6. The van der Waals surface area contributed by atoms with Crippen LogP contribution in [0.3, 0.4) is 0 Å². The lowest BCUT2D eigenvalue weighted by molar-refractivity contribution is -0.163. The summed E-state index contributed by atoms with van der Waals surface area (Å²) in [6.45, 7) is 2.07. The number of aliphatic carboxylic acids is 1. The van der Waals surface area contributed by atoms with Crippen LogP contribution < -0.4 is 10.1 Å². The molecule has 2 heterocycles. The number of alkyl halides is 5. The van der Waals surface area contributed by atoms with Gasteiger partial charge in [0.1, 0.15) is 11.3 Å². The van der Waals surface area contributed by atoms with Gasteiger partial charge in [-0.3, -0.25) is 4.79 Å². The molecule has 6 aliphatic carbocycles. The molecule has 9 nitrogen and oxygen atoms in total. The van der Waals surface area contributed by atoms with Crippen molar-refractivity contribution in [2.24, 2.45) is 23.7 Å². The monoisotopic (exact) mass is 744 g/mol. The normalized spacial score (nSPS) is 32.5. The Kier molecular flexibility index (Phi) is 8.81. The second-order valence-corrected chi connectivity index (χ2v) is 16.6. The Morgan fingerprint density at radius 1 is 0.962 bits per heavy atom. The van der Waals surface area contributed by atoms with E-state index in [2.05, 4.69) is 22.2 Å². The first-order chi connectivity index (χ1) is 25.1. The van der Waals surface area contributed by atoms with Crippen molar-refractivity contribution in [1.82, 2.24) is 19.9 Å². The number of halogens is 5. The lowest BCUT2D eigenvalue weighted by atomic mass is 9.48. The van der Waals surface area contributed by atoms with Gasteiger partial charge in [0.15, 0.2) is 11.5 Å². The Labute approximate surface area is 304 Å². The highest BCUT2D eigenvalue weighted by atomic mass is 19.4. The minimum Gasteiger partial charge on any atom is -0.490 e. The highest BCUT2D eigenvalue weighted by Gasteiger charge is 2.62. The van der Waals surface area contributed by atoms with Crippen molar-refractivity contribution >= 4 is 22.8 Å². The SMILES string of the molecule is COC1(C)CCC(Oc2ccc3c(-c4ncc(C(=O)NC5(C(=O)O)C6CC7CC(C6)CC5C7)c(C(F)(F)F)n4)cn(C4CCC(F)(F)CC4)c3c2)CC1. The maximum absolute atomic E-state index is 14.8. The topological polar surface area (TPSA) is 116 Å². The van der Waals surface area contributed by atoms with Gasteiger partial charge >= 0.3 is 12.1 Å². The van der Waals surface area contributed by atoms with Crippen LogP contribution in [0.2, 0.25) is 0 Å². The molecule has 0 aliphatic heterocycles. The van der Waals surface area contributed by atoms with E-state index in [4.69, 9.17) is 9.47 Å². The number of nitrogens with zero attached hydrogens (tertiary/aromatic N) is 3. The molecule has 0 unspecified atom stereocenters. The summed E-state index contributed by atoms with van der Waals surface area (Å²) in [4.78, 5) is 34.8. The van der Waals surface area contributed by atoms with Gasteiger partial charge in [-0.1, -0.05) is 0 Å². The van der Waals surface area contributed by atoms with Crippen LogP contribution in [0.1, 0.15) is 112 Å². The van der Waals surface area contributed by atoms with Crippen LogP contribution in [-0.4, -0.2) is 61.8 Å². The zero-order chi connectivity index (χ0) is 37.5. The fraction of sp³-hybridized carbons (Fsp3) is 0.641. The molecule has 2 N–H and O–H groups in total. The molecule has 0 radical (unpaired) electrons. The van der Waals surface area contributed by atoms with E-state index in [-0.39, 0.29) is 66.7 Å². The number of amides is 1. The van der Waals surface area contributed by atoms with E-state index in [1.54, 1.807) is 31.5 Å². The zero-order valence-corrected chi connectivity index (χ0v) is 29.9. The van der Waals surface area contributed by atoms with Crippen LogP contribution >= 0.6 is 0 Å². The van der Waals surface area contributed by atoms with Crippen molar-refractivity contribution in [3.8, 4) is 17.1 Å². The largest absolute Gasteiger partial charge is 0.490 e. The number of methoxy groups -OCH3 is 1. The summed E-state index contributed by atoms with van der Waals surface area (Å²) in [5.74, 6) is -4.91. The van der Waals surface area contributed by atoms with E-state index in [0.29, 0.717) is 54.2 Å². The summed E-state index contributed by atoms with van der Waals surface area (Å²) in [7, 11) is 1.70. The molecule has 0 saturated heterocycles. The minimum absolute atomic E-state index is 0.0672. The van der Waals surface area contributed by atoms with Crippen LogP contribution in [0.25, 0.3) is 22.3 Å². The molecule has 6 saturated carbocycles. The van der Waals surface area contributed by atoms with Crippen molar-refractivity contribution in [3.63, 3.8) is 0 Å². The Hall–Kier alpha value is -3.81. The van der Waals surface area contributed by atoms with Gasteiger partial charge in [0.2, 0.25) is 5.92 Å². The molecule has 3 aromatic rings. The molecule has 14 heteroatoms. The first kappa shape index (κ1) is 36.2. The molecular formula is C39H45F5N4O5. The standard InChI is InChI=1S/C39H45F5N4O5/c1-36(52-2)9-7-26(8-10-36)53-27-3-4-28-30(20-48(31(28)18-27)25-5-11-37(40,41)12-6-25)33-45-19-29(32(46-33)39(42,43)44)34(49)47-38(35(50)51)23-14-21-13-22(16-23)17-24(38)15-21/h3-4,18-26H,5-17H2,1-2H3,(H,47,49)(H,50,51). The van der Waals surface area contributed by atoms with E-state index in [1.807, 2.05) is 4.57 Å². The van der Waals surface area contributed by atoms with Crippen LogP contribution in [0.15, 0.2) is 30.6 Å². The molecule has 2 aromatic heterocycles. The summed E-state index contributed by atoms with van der Waals surface area (Å²) in [5.41, 5.74) is -3.34. The van der Waals surface area contributed by atoms with Gasteiger partial charge < -0.3 is 24.5 Å². The van der Waals surface area contributed by atoms with Crippen molar-refractivity contribution < 1.29 is 46.1 Å². The lowest BCUT2D eigenvalue weighted by Gasteiger charge is -2.59. The van der Waals surface area contributed by atoms with Gasteiger partial charge in [-0.25, -0.2) is 23.5 Å². The van der Waals surface area contributed by atoms with Crippen LogP contribution in [-0.2, 0) is 15.7 Å². The number of nitrogens with one attached hydrogen (secondary N) is 1. The third kappa shape index (κ3) is 6.46. The van der Waals surface area contributed by atoms with E-state index in [9.17, 15) is 36.6 Å². The maximum Gasteiger partial charge on any atom is 0.434 e. The highest BCUT2D eigenvalue weighted by molar-refractivity contribution is 6.00. The summed E-state index contributed by atoms with van der Waals surface area (Å²) >= 11 is 0. The van der Waals surface area contributed by atoms with Crippen LogP contribution in [0, 0.1) is 23.7 Å². The van der Waals surface area contributed by atoms with Gasteiger partial charge in [-0.15, -0.1) is 0 Å². The summed E-state index contributed by atoms with van der Waals surface area (Å²) in [6.07, 6.45) is 3.67. The Morgan fingerprint density at radius 3 is 2.19 bits per heavy atom. The molecule has 4 bridgehead atoms. The Bertz CT molecular complexity index is 1880. The van der Waals surface area contributed by atoms with Crippen molar-refractivity contribution in [1.29, 1.82) is 0 Å². The zero-order valence-electron chi connectivity index (χ0n) is 29.9. The first-order valence-corrected chi connectivity index (χ1v) is 18.8. The van der Waals surface area contributed by atoms with E-state index in [1.165, 1.54) is 0 Å². The molecule has 1 aromatic carbocycles. The van der Waals surface area contributed by atoms with Crippen molar-refractivity contribution in [2.45, 2.75) is 126 Å². The highest BCUT2D eigenvalue weighted by Crippen LogP contribution is 2.58. The molecule has 6 aliphatic rings. The second kappa shape index (κ2) is 12.9. The minimum atomic E-state index is -5.07. The number of fused-ring (bicyclic) bond motifs is 1. The number of rotatable bonds is 8. The average Bonchev–Trinajstić information content (AvgIpc) is 3.48. The molecule has 0 spiro atoms. The fourth-order valence-corrected chi connectivity index (χ4v) is 10.5. The third-order valence-corrected chi connectivity index (χ3v) is 13.3. The number of aromatic nitrogens is 3. The number of carboxylic acids is 1. The quantitative estimate of drug-likeness (QED) is 0.222. The molecule has 0 atom stereocenters. The average molecular weight is 745 g/mol. The van der Waals surface area contributed by atoms with E-state index in [0.717, 1.165) is 38.3 Å². The van der Waals surface area contributed by atoms with Gasteiger partial charge in [0.25, 0.3) is 5.91 Å². The predicted molar refractivity (Wildman–Crippen MR) is 184 cm³/mol. The van der Waals surface area contributed by atoms with Gasteiger partial charge in [-0.05, 0) is 113 Å². The van der Waals surface area contributed by atoms with Crippen molar-refractivity contribution in [3.05, 3.63) is 41.9 Å². The van der Waals surface area contributed by atoms with E-state index < -0.39 is 40.8 Å². The number of hydrogen-bond donors (Lipinski definition) is 2. The summed E-state index contributed by atoms with van der Waals surface area (Å²) in [5, 5.41) is 13.6. The summed E-state index contributed by atoms with van der Waals surface area (Å²) < 4.78 is 86.6. The first-order valence-electron chi connectivity index (χ1n) is 18.8. The van der Waals surface area contributed by atoms with E-state index >= 15 is 0 Å². The maximum atomic E-state index is 14.8. The number of carboxylic acid groups (broad SMARTS) is 1. The lowest BCUT2D eigenvalue weighted by Crippen LogP contribution is -2.70. The number of ether oxygens (including phenoxy) is 2. The molecule has 1 amide bonds. The second-order valence-electron chi connectivity index (χ2n) is 16.6. The number of benzene rings is 1.